The van der Waals surface area contributed by atoms with Crippen LogP contribution in [0.5, 0.6) is 0 Å². The van der Waals surface area contributed by atoms with Crippen molar-refractivity contribution in [2.24, 2.45) is 4.99 Å². The molecule has 0 bridgehead atoms. The highest BCUT2D eigenvalue weighted by atomic mass is 32.2. The van der Waals surface area contributed by atoms with Gasteiger partial charge in [0.25, 0.3) is 0 Å². The molecule has 0 aromatic carbocycles. The fourth-order valence-electron chi connectivity index (χ4n) is 0.513. The Bertz CT molecular complexity index is 108. The van der Waals surface area contributed by atoms with Gasteiger partial charge in [0.15, 0.2) is 0 Å². The Morgan fingerprint density at radius 2 is 2.44 bits per heavy atom. The van der Waals surface area contributed by atoms with E-state index in [4.69, 9.17) is 0 Å². The van der Waals surface area contributed by atoms with Crippen molar-refractivity contribution in [3.8, 4) is 0 Å². The molecule has 9 heavy (non-hydrogen) atoms. The molecule has 0 aromatic heterocycles. The molecule has 0 radical (unpaired) electrons. The van der Waals surface area contributed by atoms with Crippen molar-refractivity contribution in [1.29, 1.82) is 0 Å². The van der Waals surface area contributed by atoms with Gasteiger partial charge in [-0.3, -0.25) is 0 Å². The maximum Gasteiger partial charge on any atom is 0.0690 e. The van der Waals surface area contributed by atoms with Crippen LogP contribution in [0.2, 0.25) is 0 Å². The first-order valence-corrected chi connectivity index (χ1v) is 4.71. The first-order valence-electron chi connectivity index (χ1n) is 2.91. The summed E-state index contributed by atoms with van der Waals surface area (Å²) >= 11 is 6.28. The van der Waals surface area contributed by atoms with Crippen molar-refractivity contribution >= 4 is 29.1 Å². The number of hydrogen-bond donors (Lipinski definition) is 0. The van der Waals surface area contributed by atoms with Crippen LogP contribution in [-0.2, 0) is 0 Å². The summed E-state index contributed by atoms with van der Waals surface area (Å²) in [5.41, 5.74) is 0. The molecule has 0 N–H and O–H groups in total. The lowest BCUT2D eigenvalue weighted by atomic mass is 10.3. The summed E-state index contributed by atoms with van der Waals surface area (Å²) in [6, 6.07) is 0.387. The molecule has 0 aliphatic rings. The van der Waals surface area contributed by atoms with Crippen LogP contribution in [0.4, 0.5) is 0 Å². The van der Waals surface area contributed by atoms with E-state index >= 15 is 0 Å². The minimum Gasteiger partial charge on any atom is -0.228 e. The highest BCUT2D eigenvalue weighted by Gasteiger charge is 1.99. The predicted molar refractivity (Wildman–Crippen MR) is 47.5 cm³/mol. The molecule has 3 heteroatoms. The van der Waals surface area contributed by atoms with E-state index < -0.39 is 0 Å². The molecule has 0 aliphatic heterocycles. The average Bonchev–Trinajstić information content (AvgIpc) is 1.88. The Balaban J connectivity index is 3.53. The van der Waals surface area contributed by atoms with Gasteiger partial charge in [-0.1, -0.05) is 6.92 Å². The molecule has 0 saturated carbocycles. The summed E-state index contributed by atoms with van der Waals surface area (Å²) in [5.74, 6) is 1.06. The first-order chi connectivity index (χ1) is 4.35. The average molecular weight is 161 g/mol. The molecule has 0 spiro atoms. The molecule has 1 atom stereocenters. The zero-order valence-electron chi connectivity index (χ0n) is 5.76. The third-order valence-electron chi connectivity index (χ3n) is 1.07. The summed E-state index contributed by atoms with van der Waals surface area (Å²) in [4.78, 5) is 3.98. The molecule has 0 aliphatic carbocycles. The number of isothiocyanates is 1. The third kappa shape index (κ3) is 4.64. The van der Waals surface area contributed by atoms with Crippen LogP contribution in [0.1, 0.15) is 13.3 Å². The number of thiocarbonyl (C=S) groups is 1. The molecular formula is C6H11NS2. The van der Waals surface area contributed by atoms with Crippen LogP contribution < -0.4 is 0 Å². The highest BCUT2D eigenvalue weighted by Crippen LogP contribution is 2.03. The van der Waals surface area contributed by atoms with Crippen LogP contribution in [0.25, 0.3) is 0 Å². The molecule has 1 nitrogen and oxygen atoms in total. The van der Waals surface area contributed by atoms with Gasteiger partial charge >= 0.3 is 0 Å². The van der Waals surface area contributed by atoms with Gasteiger partial charge in [-0.25, -0.2) is 4.99 Å². The minimum absolute atomic E-state index is 0.387. The molecule has 0 rings (SSSR count). The molecule has 52 valence electrons. The Hall–Kier alpha value is 0.150. The van der Waals surface area contributed by atoms with Crippen LogP contribution in [0.3, 0.4) is 0 Å². The van der Waals surface area contributed by atoms with Gasteiger partial charge in [-0.05, 0) is 24.9 Å². The summed E-state index contributed by atoms with van der Waals surface area (Å²) in [7, 11) is 0. The number of aliphatic imine (C=N–C) groups is 1. The van der Waals surface area contributed by atoms with E-state index in [0.717, 1.165) is 12.2 Å². The van der Waals surface area contributed by atoms with Crippen LogP contribution in [-0.4, -0.2) is 23.2 Å². The summed E-state index contributed by atoms with van der Waals surface area (Å²) in [5, 5.41) is 2.40. The van der Waals surface area contributed by atoms with Crippen molar-refractivity contribution in [2.45, 2.75) is 19.4 Å². The molecule has 0 saturated heterocycles. The Kier molecular flexibility index (Phi) is 6.38. The highest BCUT2D eigenvalue weighted by molar-refractivity contribution is 7.98. The van der Waals surface area contributed by atoms with Crippen molar-refractivity contribution in [3.63, 3.8) is 0 Å². The van der Waals surface area contributed by atoms with E-state index in [2.05, 4.69) is 35.6 Å². The predicted octanol–water partition coefficient (Wildman–Crippen LogP) is 2.23. The number of rotatable bonds is 4. The van der Waals surface area contributed by atoms with Gasteiger partial charge in [0.05, 0.1) is 11.2 Å². The summed E-state index contributed by atoms with van der Waals surface area (Å²) < 4.78 is 0. The number of hydrogen-bond acceptors (Lipinski definition) is 3. The van der Waals surface area contributed by atoms with E-state index in [9.17, 15) is 0 Å². The molecule has 0 fully saturated rings. The van der Waals surface area contributed by atoms with Gasteiger partial charge < -0.3 is 0 Å². The van der Waals surface area contributed by atoms with Crippen LogP contribution in [0, 0.1) is 0 Å². The fourth-order valence-corrected chi connectivity index (χ4v) is 1.36. The summed E-state index contributed by atoms with van der Waals surface area (Å²) in [6.45, 7) is 2.11. The Labute approximate surface area is 65.9 Å². The van der Waals surface area contributed by atoms with Crippen molar-refractivity contribution in [2.75, 3.05) is 12.0 Å². The second-order valence-electron chi connectivity index (χ2n) is 1.74. The second-order valence-corrected chi connectivity index (χ2v) is 2.83. The Morgan fingerprint density at radius 3 is 2.78 bits per heavy atom. The lowest BCUT2D eigenvalue weighted by Crippen LogP contribution is -2.04. The minimum atomic E-state index is 0.387. The smallest absolute Gasteiger partial charge is 0.0690 e. The van der Waals surface area contributed by atoms with Crippen molar-refractivity contribution in [3.05, 3.63) is 0 Å². The van der Waals surface area contributed by atoms with E-state index in [1.54, 1.807) is 11.8 Å². The molecule has 1 unspecified atom stereocenters. The lowest BCUT2D eigenvalue weighted by Gasteiger charge is -2.02. The van der Waals surface area contributed by atoms with Crippen molar-refractivity contribution in [1.82, 2.24) is 0 Å². The van der Waals surface area contributed by atoms with Crippen LogP contribution in [0.15, 0.2) is 4.99 Å². The molecular weight excluding hydrogens is 150 g/mol. The third-order valence-corrected chi connectivity index (χ3v) is 1.89. The zero-order chi connectivity index (χ0) is 7.11. The van der Waals surface area contributed by atoms with E-state index in [1.165, 1.54) is 0 Å². The topological polar surface area (TPSA) is 12.4 Å². The maximum atomic E-state index is 4.48. The van der Waals surface area contributed by atoms with E-state index in [1.807, 2.05) is 0 Å². The zero-order valence-corrected chi connectivity index (χ0v) is 7.39. The second kappa shape index (κ2) is 6.27. The van der Waals surface area contributed by atoms with Gasteiger partial charge in [0.2, 0.25) is 0 Å². The standard InChI is InChI=1S/C6H11NS2/c1-3-6(4-9-2)7-5-8/h6H,3-4H2,1-2H3. The summed E-state index contributed by atoms with van der Waals surface area (Å²) in [6.07, 6.45) is 3.13. The van der Waals surface area contributed by atoms with E-state index in [0.29, 0.717) is 6.04 Å². The van der Waals surface area contributed by atoms with Gasteiger partial charge in [-0.2, -0.15) is 11.8 Å². The van der Waals surface area contributed by atoms with Crippen LogP contribution >= 0.6 is 24.0 Å². The molecule has 0 aromatic rings. The maximum absolute atomic E-state index is 4.48. The first kappa shape index (κ1) is 9.15. The van der Waals surface area contributed by atoms with Crippen molar-refractivity contribution < 1.29 is 0 Å². The fraction of sp³-hybridized carbons (Fsp3) is 0.833. The number of thioether (sulfide) groups is 1. The molecule has 0 amide bonds. The normalized spacial score (nSPS) is 12.2. The quantitative estimate of drug-likeness (QED) is 0.463. The Morgan fingerprint density at radius 1 is 1.78 bits per heavy atom. The van der Waals surface area contributed by atoms with Gasteiger partial charge in [0, 0.05) is 5.75 Å². The monoisotopic (exact) mass is 161 g/mol. The number of nitrogens with zero attached hydrogens (tertiary/aromatic N) is 1. The SMILES string of the molecule is CCC(CSC)N=C=S. The van der Waals surface area contributed by atoms with E-state index in [-0.39, 0.29) is 0 Å². The lowest BCUT2D eigenvalue weighted by molar-refractivity contribution is 0.733. The van der Waals surface area contributed by atoms with Gasteiger partial charge in [-0.15, -0.1) is 0 Å². The molecule has 0 heterocycles. The largest absolute Gasteiger partial charge is 0.228 e. The van der Waals surface area contributed by atoms with Gasteiger partial charge in [0.1, 0.15) is 0 Å².